The third-order valence-corrected chi connectivity index (χ3v) is 7.53. The number of carbonyl (C=O) groups excluding carboxylic acids is 2. The Morgan fingerprint density at radius 3 is 2.77 bits per heavy atom. The maximum Gasteiger partial charge on any atom is 0.227 e. The summed E-state index contributed by atoms with van der Waals surface area (Å²) in [7, 11) is 0. The minimum Gasteiger partial charge on any atom is -0.350 e. The van der Waals surface area contributed by atoms with E-state index in [-0.39, 0.29) is 5.91 Å². The van der Waals surface area contributed by atoms with Crippen LogP contribution in [0.3, 0.4) is 0 Å². The third kappa shape index (κ3) is 4.22. The van der Waals surface area contributed by atoms with Gasteiger partial charge >= 0.3 is 0 Å². The first-order valence-electron chi connectivity index (χ1n) is 11.1. The molecule has 31 heavy (non-hydrogen) atoms. The summed E-state index contributed by atoms with van der Waals surface area (Å²) >= 11 is 3.66. The highest BCUT2D eigenvalue weighted by Gasteiger charge is 2.29. The van der Waals surface area contributed by atoms with E-state index < -0.39 is 0 Å². The molecular weight excluding hydrogens is 458 g/mol. The SMILES string of the molecule is O=CN1CC(Cn2cc(CC(=O)N3CCC(c4ncc[nH]4)CC3)c3c2CCC(Br)=C3)C1. The van der Waals surface area contributed by atoms with Gasteiger partial charge in [0.1, 0.15) is 5.82 Å². The van der Waals surface area contributed by atoms with Crippen molar-refractivity contribution in [2.75, 3.05) is 26.2 Å². The molecule has 0 aromatic carbocycles. The molecule has 0 saturated carbocycles. The summed E-state index contributed by atoms with van der Waals surface area (Å²) in [5.41, 5.74) is 3.66. The fraction of sp³-hybridized carbons (Fsp3) is 0.522. The number of carbonyl (C=O) groups is 2. The van der Waals surface area contributed by atoms with Gasteiger partial charge < -0.3 is 19.4 Å². The maximum absolute atomic E-state index is 13.1. The zero-order valence-electron chi connectivity index (χ0n) is 17.6. The van der Waals surface area contributed by atoms with Crippen LogP contribution in [0.5, 0.6) is 0 Å². The molecule has 0 bridgehead atoms. The third-order valence-electron chi connectivity index (χ3n) is 6.90. The number of likely N-dealkylation sites (tertiary alicyclic amines) is 2. The van der Waals surface area contributed by atoms with Gasteiger partial charge in [0, 0.05) is 68.8 Å². The van der Waals surface area contributed by atoms with E-state index in [0.717, 1.165) is 76.2 Å². The number of imidazole rings is 1. The second kappa shape index (κ2) is 8.65. The van der Waals surface area contributed by atoms with Gasteiger partial charge in [-0.15, -0.1) is 0 Å². The Labute approximate surface area is 190 Å². The van der Waals surface area contributed by atoms with Crippen LogP contribution in [0.1, 0.15) is 47.8 Å². The first-order valence-corrected chi connectivity index (χ1v) is 11.9. The molecule has 2 aromatic heterocycles. The van der Waals surface area contributed by atoms with Crippen molar-refractivity contribution in [2.24, 2.45) is 5.92 Å². The van der Waals surface area contributed by atoms with Crippen LogP contribution in [-0.4, -0.2) is 62.8 Å². The first kappa shape index (κ1) is 20.5. The van der Waals surface area contributed by atoms with Crippen molar-refractivity contribution in [2.45, 2.75) is 44.6 Å². The Morgan fingerprint density at radius 1 is 1.26 bits per heavy atom. The van der Waals surface area contributed by atoms with Crippen LogP contribution in [0.25, 0.3) is 6.08 Å². The fourth-order valence-electron chi connectivity index (χ4n) is 5.17. The van der Waals surface area contributed by atoms with E-state index in [9.17, 15) is 9.59 Å². The minimum atomic E-state index is 0.212. The van der Waals surface area contributed by atoms with E-state index in [1.165, 1.54) is 15.7 Å². The lowest BCUT2D eigenvalue weighted by molar-refractivity contribution is -0.131. The van der Waals surface area contributed by atoms with Gasteiger partial charge in [0.25, 0.3) is 0 Å². The molecule has 7 nitrogen and oxygen atoms in total. The summed E-state index contributed by atoms with van der Waals surface area (Å²) in [4.78, 5) is 35.4. The molecule has 2 aliphatic heterocycles. The van der Waals surface area contributed by atoms with Crippen molar-refractivity contribution in [1.82, 2.24) is 24.3 Å². The predicted molar refractivity (Wildman–Crippen MR) is 122 cm³/mol. The van der Waals surface area contributed by atoms with E-state index in [1.54, 1.807) is 6.20 Å². The van der Waals surface area contributed by atoms with Gasteiger partial charge in [-0.1, -0.05) is 15.9 Å². The Balaban J connectivity index is 1.26. The highest BCUT2D eigenvalue weighted by molar-refractivity contribution is 9.11. The zero-order chi connectivity index (χ0) is 21.4. The number of aromatic nitrogens is 3. The van der Waals surface area contributed by atoms with Gasteiger partial charge in [0.05, 0.1) is 6.42 Å². The standard InChI is InChI=1S/C23H28BrN5O2/c24-19-1-2-21-20(10-19)18(14-29(21)13-16-11-27(12-16)15-30)9-22(31)28-7-3-17(4-8-28)23-25-5-6-26-23/h5-6,10,14-17H,1-4,7-9,11-13H2,(H,25,26). The molecular formula is C23H28BrN5O2. The number of nitrogens with one attached hydrogen (secondary N) is 1. The van der Waals surface area contributed by atoms with Crippen molar-refractivity contribution < 1.29 is 9.59 Å². The number of hydrogen-bond acceptors (Lipinski definition) is 3. The van der Waals surface area contributed by atoms with Gasteiger partial charge in [-0.2, -0.15) is 0 Å². The number of allylic oxidation sites excluding steroid dienone is 1. The van der Waals surface area contributed by atoms with Crippen LogP contribution in [0.4, 0.5) is 0 Å². The molecule has 1 aliphatic carbocycles. The number of halogens is 1. The molecule has 0 atom stereocenters. The Morgan fingerprint density at radius 2 is 2.06 bits per heavy atom. The quantitative estimate of drug-likeness (QED) is 0.639. The first-order chi connectivity index (χ1) is 15.1. The molecule has 2 amide bonds. The monoisotopic (exact) mass is 485 g/mol. The summed E-state index contributed by atoms with van der Waals surface area (Å²) in [6, 6.07) is 0. The second-order valence-electron chi connectivity index (χ2n) is 8.99. The highest BCUT2D eigenvalue weighted by Crippen LogP contribution is 2.33. The molecule has 2 fully saturated rings. The number of nitrogens with zero attached hydrogens (tertiary/aromatic N) is 4. The average molecular weight is 486 g/mol. The summed E-state index contributed by atoms with van der Waals surface area (Å²) in [5, 5.41) is 0. The number of H-pyrrole nitrogens is 1. The van der Waals surface area contributed by atoms with E-state index in [0.29, 0.717) is 18.3 Å². The number of fused-ring (bicyclic) bond motifs is 1. The summed E-state index contributed by atoms with van der Waals surface area (Å²) in [6.07, 6.45) is 13.3. The van der Waals surface area contributed by atoms with E-state index >= 15 is 0 Å². The molecule has 0 unspecified atom stereocenters. The van der Waals surface area contributed by atoms with Crippen LogP contribution < -0.4 is 0 Å². The lowest BCUT2D eigenvalue weighted by Crippen LogP contribution is -2.47. The van der Waals surface area contributed by atoms with Crippen molar-refractivity contribution in [3.05, 3.63) is 45.7 Å². The maximum atomic E-state index is 13.1. The van der Waals surface area contributed by atoms with Crippen molar-refractivity contribution in [3.8, 4) is 0 Å². The molecule has 8 heteroatoms. The molecule has 3 aliphatic rings. The van der Waals surface area contributed by atoms with Crippen LogP contribution in [0.15, 0.2) is 23.1 Å². The normalized spacial score (nSPS) is 19.7. The second-order valence-corrected chi connectivity index (χ2v) is 10.0. The molecule has 0 spiro atoms. The van der Waals surface area contributed by atoms with Crippen LogP contribution in [-0.2, 0) is 29.0 Å². The Kier molecular flexibility index (Phi) is 5.73. The largest absolute Gasteiger partial charge is 0.350 e. The number of rotatable bonds is 6. The molecule has 2 saturated heterocycles. The van der Waals surface area contributed by atoms with Gasteiger partial charge in [0.2, 0.25) is 12.3 Å². The van der Waals surface area contributed by atoms with Gasteiger partial charge in [-0.05, 0) is 47.4 Å². The minimum absolute atomic E-state index is 0.212. The smallest absolute Gasteiger partial charge is 0.227 e. The molecule has 0 radical (unpaired) electrons. The predicted octanol–water partition coefficient (Wildman–Crippen LogP) is 2.93. The van der Waals surface area contributed by atoms with Gasteiger partial charge in [-0.25, -0.2) is 4.98 Å². The van der Waals surface area contributed by atoms with E-state index in [1.807, 2.05) is 16.0 Å². The summed E-state index contributed by atoms with van der Waals surface area (Å²) in [5.74, 6) is 2.17. The lowest BCUT2D eigenvalue weighted by Gasteiger charge is -2.37. The average Bonchev–Trinajstić information content (AvgIpc) is 3.39. The Hall–Kier alpha value is -2.35. The fourth-order valence-corrected chi connectivity index (χ4v) is 5.59. The Bertz CT molecular complexity index is 982. The van der Waals surface area contributed by atoms with Crippen molar-refractivity contribution in [1.29, 1.82) is 0 Å². The number of hydrogen-bond donors (Lipinski definition) is 1. The van der Waals surface area contributed by atoms with Crippen LogP contribution in [0.2, 0.25) is 0 Å². The molecule has 164 valence electrons. The van der Waals surface area contributed by atoms with Gasteiger partial charge in [-0.3, -0.25) is 9.59 Å². The summed E-state index contributed by atoms with van der Waals surface area (Å²) in [6.45, 7) is 4.15. The molecule has 4 heterocycles. The molecule has 5 rings (SSSR count). The number of aromatic amines is 1. The number of piperidine rings is 1. The lowest BCUT2D eigenvalue weighted by atomic mass is 9.95. The topological polar surface area (TPSA) is 74.2 Å². The van der Waals surface area contributed by atoms with Crippen molar-refractivity contribution in [3.63, 3.8) is 0 Å². The number of amides is 2. The van der Waals surface area contributed by atoms with Gasteiger partial charge in [0.15, 0.2) is 0 Å². The summed E-state index contributed by atoms with van der Waals surface area (Å²) < 4.78 is 3.53. The zero-order valence-corrected chi connectivity index (χ0v) is 19.2. The molecule has 2 aromatic rings. The van der Waals surface area contributed by atoms with E-state index in [4.69, 9.17) is 0 Å². The van der Waals surface area contributed by atoms with E-state index in [2.05, 4.69) is 42.7 Å². The van der Waals surface area contributed by atoms with Crippen LogP contribution >= 0.6 is 15.9 Å². The van der Waals surface area contributed by atoms with Crippen LogP contribution in [0, 0.1) is 5.92 Å². The molecule has 1 N–H and O–H groups in total. The van der Waals surface area contributed by atoms with Crippen molar-refractivity contribution >= 4 is 34.3 Å². The highest BCUT2D eigenvalue weighted by atomic mass is 79.9.